The van der Waals surface area contributed by atoms with Gasteiger partial charge in [0.1, 0.15) is 11.5 Å². The molecular formula is C23H25ClO3. The van der Waals surface area contributed by atoms with E-state index in [1.54, 1.807) is 7.11 Å². The molecule has 0 unspecified atom stereocenters. The molecule has 1 aliphatic rings. The zero-order chi connectivity index (χ0) is 19.1. The molecule has 0 N–H and O–H groups in total. The molecule has 0 aromatic heterocycles. The molecule has 0 heterocycles. The highest BCUT2D eigenvalue weighted by Crippen LogP contribution is 2.36. The van der Waals surface area contributed by atoms with Gasteiger partial charge < -0.3 is 9.47 Å². The number of rotatable bonds is 7. The summed E-state index contributed by atoms with van der Waals surface area (Å²) in [6.07, 6.45) is 6.02. The van der Waals surface area contributed by atoms with Crippen molar-refractivity contribution in [1.82, 2.24) is 0 Å². The van der Waals surface area contributed by atoms with Crippen LogP contribution in [0.3, 0.4) is 0 Å². The molecule has 0 aliphatic heterocycles. The fraction of sp³-hybridized carbons (Fsp3) is 0.348. The third-order valence-corrected chi connectivity index (χ3v) is 5.40. The van der Waals surface area contributed by atoms with Gasteiger partial charge in [-0.3, -0.25) is 4.79 Å². The Balaban J connectivity index is 1.47. The van der Waals surface area contributed by atoms with Gasteiger partial charge in [0.2, 0.25) is 0 Å². The highest BCUT2D eigenvalue weighted by atomic mass is 35.5. The number of methoxy groups -OCH3 is 1. The fourth-order valence-electron chi connectivity index (χ4n) is 3.62. The minimum absolute atomic E-state index is 0.0593. The molecular weight excluding hydrogens is 360 g/mol. The van der Waals surface area contributed by atoms with Crippen molar-refractivity contribution >= 4 is 17.4 Å². The van der Waals surface area contributed by atoms with Crippen molar-refractivity contribution in [2.45, 2.75) is 31.6 Å². The van der Waals surface area contributed by atoms with Crippen molar-refractivity contribution in [2.24, 2.45) is 5.92 Å². The summed E-state index contributed by atoms with van der Waals surface area (Å²) in [6.45, 7) is 0.761. The lowest BCUT2D eigenvalue weighted by Crippen LogP contribution is -2.19. The third kappa shape index (κ3) is 5.36. The van der Waals surface area contributed by atoms with Crippen molar-refractivity contribution in [3.8, 4) is 11.5 Å². The predicted octanol–water partition coefficient (Wildman–Crippen LogP) is 5.98. The Morgan fingerprint density at radius 2 is 1.63 bits per heavy atom. The molecule has 1 saturated carbocycles. The first-order valence-electron chi connectivity index (χ1n) is 9.37. The van der Waals surface area contributed by atoms with Crippen LogP contribution in [0.2, 0.25) is 0 Å². The Morgan fingerprint density at radius 3 is 2.22 bits per heavy atom. The van der Waals surface area contributed by atoms with E-state index in [9.17, 15) is 4.79 Å². The Bertz CT molecular complexity index is 757. The van der Waals surface area contributed by atoms with Crippen LogP contribution in [0.1, 0.15) is 47.5 Å². The van der Waals surface area contributed by atoms with Crippen molar-refractivity contribution in [3.63, 3.8) is 0 Å². The number of hydrogen-bond donors (Lipinski definition) is 0. The van der Waals surface area contributed by atoms with Crippen molar-refractivity contribution in [3.05, 3.63) is 71.3 Å². The molecule has 1 fully saturated rings. The lowest BCUT2D eigenvalue weighted by molar-refractivity contribution is 0.104. The van der Waals surface area contributed by atoms with Crippen LogP contribution >= 0.6 is 11.6 Å². The second-order valence-electron chi connectivity index (χ2n) is 6.98. The highest BCUT2D eigenvalue weighted by Gasteiger charge is 2.23. The predicted molar refractivity (Wildman–Crippen MR) is 109 cm³/mol. The summed E-state index contributed by atoms with van der Waals surface area (Å²) < 4.78 is 11.1. The Kier molecular flexibility index (Phi) is 6.94. The topological polar surface area (TPSA) is 35.5 Å². The molecule has 3 rings (SSSR count). The third-order valence-electron chi connectivity index (χ3n) is 5.27. The number of hydrogen-bond acceptors (Lipinski definition) is 3. The molecule has 4 heteroatoms. The van der Waals surface area contributed by atoms with Gasteiger partial charge in [-0.2, -0.15) is 0 Å². The van der Waals surface area contributed by atoms with Gasteiger partial charge >= 0.3 is 0 Å². The lowest BCUT2D eigenvalue weighted by Gasteiger charge is -2.28. The maximum absolute atomic E-state index is 11.8. The number of allylic oxidation sites excluding steroid dienone is 1. The van der Waals surface area contributed by atoms with Gasteiger partial charge in [-0.25, -0.2) is 0 Å². The van der Waals surface area contributed by atoms with E-state index in [2.05, 4.69) is 12.1 Å². The highest BCUT2D eigenvalue weighted by molar-refractivity contribution is 6.27. The van der Waals surface area contributed by atoms with Crippen molar-refractivity contribution in [1.29, 1.82) is 0 Å². The van der Waals surface area contributed by atoms with Crippen molar-refractivity contribution < 1.29 is 14.3 Å². The molecule has 0 bridgehead atoms. The first-order chi connectivity index (χ1) is 13.2. The smallest absolute Gasteiger partial charge is 0.186 e. The molecule has 0 spiro atoms. The van der Waals surface area contributed by atoms with Gasteiger partial charge in [0.15, 0.2) is 5.78 Å². The molecule has 1 aliphatic carbocycles. The maximum Gasteiger partial charge on any atom is 0.186 e. The average Bonchev–Trinajstić information content (AvgIpc) is 2.73. The number of carbonyl (C=O) groups is 1. The van der Waals surface area contributed by atoms with Gasteiger partial charge in [0.25, 0.3) is 0 Å². The molecule has 0 atom stereocenters. The average molecular weight is 385 g/mol. The quantitative estimate of drug-likeness (QED) is 0.435. The van der Waals surface area contributed by atoms with E-state index in [1.165, 1.54) is 17.2 Å². The van der Waals surface area contributed by atoms with Gasteiger partial charge in [-0.15, -0.1) is 0 Å². The molecule has 2 aromatic rings. The molecule has 0 radical (unpaired) electrons. The van der Waals surface area contributed by atoms with E-state index >= 15 is 0 Å². The van der Waals surface area contributed by atoms with Gasteiger partial charge in [0, 0.05) is 11.1 Å². The first kappa shape index (κ1) is 19.5. The minimum Gasteiger partial charge on any atom is -0.497 e. The number of halogens is 1. The van der Waals surface area contributed by atoms with Gasteiger partial charge in [-0.1, -0.05) is 35.9 Å². The van der Waals surface area contributed by atoms with E-state index in [0.717, 1.165) is 43.8 Å². The number of carbonyl (C=O) groups excluding carboxylic acids is 1. The first-order valence-corrected chi connectivity index (χ1v) is 9.81. The van der Waals surface area contributed by atoms with Gasteiger partial charge in [0.05, 0.1) is 13.7 Å². The molecule has 2 aromatic carbocycles. The summed E-state index contributed by atoms with van der Waals surface area (Å²) in [7, 11) is 1.66. The van der Waals surface area contributed by atoms with Crippen LogP contribution < -0.4 is 9.47 Å². The second kappa shape index (κ2) is 9.61. The summed E-state index contributed by atoms with van der Waals surface area (Å²) in [5.74, 6) is 2.84. The van der Waals surface area contributed by atoms with E-state index in [0.29, 0.717) is 17.4 Å². The lowest BCUT2D eigenvalue weighted by atomic mass is 9.79. The number of ether oxygens (including phenoxy) is 2. The summed E-state index contributed by atoms with van der Waals surface area (Å²) in [4.78, 5) is 11.8. The van der Waals surface area contributed by atoms with Crippen LogP contribution in [-0.2, 0) is 0 Å². The normalized spacial score (nSPS) is 19.8. The zero-order valence-electron chi connectivity index (χ0n) is 15.6. The van der Waals surface area contributed by atoms with Crippen LogP contribution in [0.5, 0.6) is 11.5 Å². The summed E-state index contributed by atoms with van der Waals surface area (Å²) in [6, 6.07) is 15.7. The molecule has 27 heavy (non-hydrogen) atoms. The van der Waals surface area contributed by atoms with Crippen LogP contribution in [-0.4, -0.2) is 19.5 Å². The largest absolute Gasteiger partial charge is 0.497 e. The fourth-order valence-corrected chi connectivity index (χ4v) is 3.74. The Hall–Kier alpha value is -2.26. The van der Waals surface area contributed by atoms with E-state index < -0.39 is 0 Å². The molecule has 0 saturated heterocycles. The standard InChI is InChI=1S/C23H25ClO3/c1-26-21-10-12-22(13-11-21)27-16-17-2-4-18(5-3-17)19-6-8-20(9-7-19)23(25)14-15-24/h6-15,17-18H,2-5,16H2,1H3. The Labute approximate surface area is 165 Å². The summed E-state index contributed by atoms with van der Waals surface area (Å²) in [5, 5.41) is 0. The van der Waals surface area contributed by atoms with Crippen LogP contribution in [0.25, 0.3) is 0 Å². The zero-order valence-corrected chi connectivity index (χ0v) is 16.3. The van der Waals surface area contributed by atoms with Crippen LogP contribution in [0.4, 0.5) is 0 Å². The molecule has 142 valence electrons. The number of benzene rings is 2. The summed E-state index contributed by atoms with van der Waals surface area (Å²) >= 11 is 5.47. The van der Waals surface area contributed by atoms with Gasteiger partial charge in [-0.05, 0) is 73.4 Å². The van der Waals surface area contributed by atoms with E-state index in [4.69, 9.17) is 21.1 Å². The van der Waals surface area contributed by atoms with E-state index in [1.807, 2.05) is 36.4 Å². The monoisotopic (exact) mass is 384 g/mol. The minimum atomic E-state index is -0.0593. The molecule has 0 amide bonds. The van der Waals surface area contributed by atoms with Crippen LogP contribution in [0, 0.1) is 5.92 Å². The Morgan fingerprint density at radius 1 is 1.00 bits per heavy atom. The molecule has 3 nitrogen and oxygen atoms in total. The number of ketones is 1. The van der Waals surface area contributed by atoms with Crippen LogP contribution in [0.15, 0.2) is 60.1 Å². The second-order valence-corrected chi connectivity index (χ2v) is 7.24. The summed E-state index contributed by atoms with van der Waals surface area (Å²) in [5.41, 5.74) is 3.25. The van der Waals surface area contributed by atoms with Crippen molar-refractivity contribution in [2.75, 3.05) is 13.7 Å². The van der Waals surface area contributed by atoms with E-state index in [-0.39, 0.29) is 5.78 Å². The maximum atomic E-state index is 11.8. The SMILES string of the molecule is COc1ccc(OCC2CCC(c3ccc(C(=O)C=CCl)cc3)CC2)cc1.